The molecule has 160 valence electrons. The second kappa shape index (κ2) is 8.88. The highest BCUT2D eigenvalue weighted by Crippen LogP contribution is 2.29. The minimum Gasteiger partial charge on any atom is -0.320 e. The van der Waals surface area contributed by atoms with Gasteiger partial charge < -0.3 is 5.43 Å². The van der Waals surface area contributed by atoms with Gasteiger partial charge in [0.05, 0.1) is 16.4 Å². The zero-order valence-electron chi connectivity index (χ0n) is 17.1. The Hall–Kier alpha value is -2.58. The third-order valence-corrected chi connectivity index (χ3v) is 7.60. The molecule has 0 spiro atoms. The van der Waals surface area contributed by atoms with E-state index in [1.54, 1.807) is 47.7 Å². The van der Waals surface area contributed by atoms with E-state index >= 15 is 0 Å². The first-order valence-electron chi connectivity index (χ1n) is 9.67. The summed E-state index contributed by atoms with van der Waals surface area (Å²) in [4.78, 5) is 0.144. The molecule has 0 fully saturated rings. The lowest BCUT2D eigenvalue weighted by molar-refractivity contribution is 0.601. The Bertz CT molecular complexity index is 1350. The maximum Gasteiger partial charge on any atom is 0.264 e. The van der Waals surface area contributed by atoms with Crippen LogP contribution in [0.1, 0.15) is 16.7 Å². The van der Waals surface area contributed by atoms with Gasteiger partial charge in [-0.3, -0.25) is 4.72 Å². The van der Waals surface area contributed by atoms with Crippen molar-refractivity contribution in [3.8, 4) is 0 Å². The molecule has 0 unspecified atom stereocenters. The lowest BCUT2D eigenvalue weighted by Crippen LogP contribution is -2.23. The monoisotopic (exact) mass is 471 g/mol. The third kappa shape index (κ3) is 4.85. The van der Waals surface area contributed by atoms with Crippen molar-refractivity contribution in [3.63, 3.8) is 0 Å². The summed E-state index contributed by atoms with van der Waals surface area (Å²) in [5.41, 5.74) is 10.2. The van der Waals surface area contributed by atoms with Gasteiger partial charge in [0.15, 0.2) is 0 Å². The maximum atomic E-state index is 13.1. The molecule has 8 heteroatoms. The number of thiophene rings is 1. The number of hydrazine groups is 1. The molecule has 0 bridgehead atoms. The Kier molecular flexibility index (Phi) is 6.20. The Morgan fingerprint density at radius 3 is 2.48 bits per heavy atom. The molecule has 0 aliphatic heterocycles. The summed E-state index contributed by atoms with van der Waals surface area (Å²) in [6.45, 7) is 4.47. The second-order valence-corrected chi connectivity index (χ2v) is 10.3. The van der Waals surface area contributed by atoms with E-state index in [9.17, 15) is 8.42 Å². The number of rotatable bonds is 7. The first kappa shape index (κ1) is 21.6. The molecule has 0 atom stereocenters. The van der Waals surface area contributed by atoms with Crippen LogP contribution < -0.4 is 15.6 Å². The molecule has 0 amide bonds. The average Bonchev–Trinajstić information content (AvgIpc) is 3.13. The van der Waals surface area contributed by atoms with Crippen LogP contribution in [0.3, 0.4) is 0 Å². The summed E-state index contributed by atoms with van der Waals surface area (Å²) in [6, 6.07) is 18.4. The first-order valence-corrected chi connectivity index (χ1v) is 12.4. The van der Waals surface area contributed by atoms with Crippen molar-refractivity contribution < 1.29 is 8.42 Å². The number of nitrogens with one attached hydrogen (secondary N) is 3. The number of halogens is 1. The smallest absolute Gasteiger partial charge is 0.264 e. The fraction of sp³-hybridized carbons (Fsp3) is 0.130. The van der Waals surface area contributed by atoms with Crippen LogP contribution in [0.2, 0.25) is 5.02 Å². The quantitative estimate of drug-likeness (QED) is 0.285. The molecule has 5 nitrogen and oxygen atoms in total. The highest BCUT2D eigenvalue weighted by atomic mass is 35.5. The highest BCUT2D eigenvalue weighted by molar-refractivity contribution is 7.93. The van der Waals surface area contributed by atoms with Gasteiger partial charge in [-0.25, -0.2) is 13.8 Å². The van der Waals surface area contributed by atoms with Crippen molar-refractivity contribution in [1.29, 1.82) is 0 Å². The van der Waals surface area contributed by atoms with Gasteiger partial charge in [0.25, 0.3) is 10.0 Å². The summed E-state index contributed by atoms with van der Waals surface area (Å²) in [6.07, 6.45) is 0. The maximum absolute atomic E-state index is 13.1. The summed E-state index contributed by atoms with van der Waals surface area (Å²) in [5, 5.41) is 3.66. The van der Waals surface area contributed by atoms with E-state index in [-0.39, 0.29) is 4.90 Å². The van der Waals surface area contributed by atoms with E-state index in [0.717, 1.165) is 11.1 Å². The molecule has 3 N–H and O–H groups in total. The molecule has 0 saturated heterocycles. The van der Waals surface area contributed by atoms with Crippen LogP contribution in [-0.2, 0) is 16.6 Å². The average molecular weight is 472 g/mol. The lowest BCUT2D eigenvalue weighted by atomic mass is 10.1. The number of para-hydroxylation sites is 1. The van der Waals surface area contributed by atoms with Crippen LogP contribution in [0.15, 0.2) is 70.9 Å². The molecule has 0 aliphatic rings. The van der Waals surface area contributed by atoms with Crippen molar-refractivity contribution in [3.05, 3.63) is 87.8 Å². The third-order valence-electron chi connectivity index (χ3n) is 4.86. The second-order valence-electron chi connectivity index (χ2n) is 7.32. The Labute approximate surface area is 191 Å². The van der Waals surface area contributed by atoms with Crippen LogP contribution in [0.25, 0.3) is 10.1 Å². The molecule has 0 radical (unpaired) electrons. The van der Waals surface area contributed by atoms with Crippen LogP contribution in [-0.4, -0.2) is 8.42 Å². The molecule has 0 aliphatic carbocycles. The van der Waals surface area contributed by atoms with Crippen molar-refractivity contribution in [1.82, 2.24) is 5.43 Å². The molecule has 1 heterocycles. The van der Waals surface area contributed by atoms with Gasteiger partial charge in [0.2, 0.25) is 0 Å². The lowest BCUT2D eigenvalue weighted by Gasteiger charge is -2.16. The summed E-state index contributed by atoms with van der Waals surface area (Å²) in [7, 11) is -3.85. The van der Waals surface area contributed by atoms with Crippen LogP contribution >= 0.6 is 22.9 Å². The van der Waals surface area contributed by atoms with Crippen LogP contribution in [0, 0.1) is 13.8 Å². The zero-order valence-corrected chi connectivity index (χ0v) is 19.5. The van der Waals surface area contributed by atoms with E-state index in [2.05, 4.69) is 46.1 Å². The van der Waals surface area contributed by atoms with E-state index in [0.29, 0.717) is 22.9 Å². The standard InChI is InChI=1S/C23H22ClN3O2S2/c1-15-8-10-22-18(11-15)17(14-30-22)13-25-26-21-9-7-16(2)12-23(21)31(28,29)27-20-6-4-3-5-19(20)24/h3-12,14,25-27H,13H2,1-2H3. The molecule has 4 aromatic rings. The Morgan fingerprint density at radius 1 is 0.935 bits per heavy atom. The molecular formula is C23H22ClN3O2S2. The molecule has 3 aromatic carbocycles. The largest absolute Gasteiger partial charge is 0.320 e. The molecule has 0 saturated carbocycles. The molecular weight excluding hydrogens is 450 g/mol. The number of hydrogen-bond acceptors (Lipinski definition) is 5. The highest BCUT2D eigenvalue weighted by Gasteiger charge is 2.20. The number of hydrogen-bond donors (Lipinski definition) is 3. The normalized spacial score (nSPS) is 11.6. The SMILES string of the molecule is Cc1ccc(NNCc2csc3ccc(C)cc23)c(S(=O)(=O)Nc2ccccc2Cl)c1. The van der Waals surface area contributed by atoms with E-state index in [1.807, 2.05) is 13.0 Å². The Balaban J connectivity index is 1.55. The van der Waals surface area contributed by atoms with Gasteiger partial charge in [-0.15, -0.1) is 11.3 Å². The number of aryl methyl sites for hydroxylation is 2. The van der Waals surface area contributed by atoms with Crippen molar-refractivity contribution in [2.24, 2.45) is 0 Å². The number of sulfonamides is 1. The van der Waals surface area contributed by atoms with Gasteiger partial charge in [0, 0.05) is 11.2 Å². The Morgan fingerprint density at radius 2 is 1.68 bits per heavy atom. The van der Waals surface area contributed by atoms with Crippen molar-refractivity contribution in [2.45, 2.75) is 25.3 Å². The fourth-order valence-electron chi connectivity index (χ4n) is 3.27. The first-order chi connectivity index (χ1) is 14.8. The van der Waals surface area contributed by atoms with Gasteiger partial charge in [-0.2, -0.15) is 0 Å². The van der Waals surface area contributed by atoms with E-state index in [1.165, 1.54) is 15.6 Å². The van der Waals surface area contributed by atoms with Crippen LogP contribution in [0.5, 0.6) is 0 Å². The van der Waals surface area contributed by atoms with Gasteiger partial charge in [-0.1, -0.05) is 47.5 Å². The summed E-state index contributed by atoms with van der Waals surface area (Å²) < 4.78 is 30.0. The summed E-state index contributed by atoms with van der Waals surface area (Å²) >= 11 is 7.83. The number of fused-ring (bicyclic) bond motifs is 1. The van der Waals surface area contributed by atoms with Gasteiger partial charge >= 0.3 is 0 Å². The topological polar surface area (TPSA) is 70.2 Å². The van der Waals surface area contributed by atoms with E-state index in [4.69, 9.17) is 11.6 Å². The summed E-state index contributed by atoms with van der Waals surface area (Å²) in [5.74, 6) is 0. The molecule has 1 aromatic heterocycles. The van der Waals surface area contributed by atoms with E-state index < -0.39 is 10.0 Å². The number of anilines is 2. The zero-order chi connectivity index (χ0) is 22.0. The molecule has 4 rings (SSSR count). The van der Waals surface area contributed by atoms with Crippen molar-refractivity contribution in [2.75, 3.05) is 10.1 Å². The van der Waals surface area contributed by atoms with Gasteiger partial charge in [0.1, 0.15) is 4.90 Å². The number of benzene rings is 3. The fourth-order valence-corrected chi connectivity index (χ4v) is 5.78. The minimum absolute atomic E-state index is 0.144. The minimum atomic E-state index is -3.85. The van der Waals surface area contributed by atoms with Crippen molar-refractivity contribution >= 4 is 54.4 Å². The van der Waals surface area contributed by atoms with Gasteiger partial charge in [-0.05, 0) is 66.1 Å². The predicted octanol–water partition coefficient (Wildman–Crippen LogP) is 6.09. The van der Waals surface area contributed by atoms with Crippen LogP contribution in [0.4, 0.5) is 11.4 Å². The predicted molar refractivity (Wildman–Crippen MR) is 130 cm³/mol. The molecule has 31 heavy (non-hydrogen) atoms.